The van der Waals surface area contributed by atoms with E-state index in [1.54, 1.807) is 7.11 Å². The molecule has 1 aliphatic heterocycles. The van der Waals surface area contributed by atoms with Gasteiger partial charge in [-0.25, -0.2) is 4.98 Å². The van der Waals surface area contributed by atoms with E-state index in [0.717, 1.165) is 30.2 Å². The molecular weight excluding hydrogens is 416 g/mol. The highest BCUT2D eigenvalue weighted by atomic mass is 32.1. The number of hydrogen-bond donors (Lipinski definition) is 3. The molecule has 1 atom stereocenters. The number of anilines is 3. The molecule has 0 radical (unpaired) electrons. The molecule has 0 saturated carbocycles. The first-order chi connectivity index (χ1) is 15.0. The van der Waals surface area contributed by atoms with Crippen LogP contribution in [-0.4, -0.2) is 54.8 Å². The number of carbonyl (C=O) groups is 2. The van der Waals surface area contributed by atoms with Crippen molar-refractivity contribution >= 4 is 50.6 Å². The zero-order chi connectivity index (χ0) is 21.8. The van der Waals surface area contributed by atoms with Crippen LogP contribution in [0.2, 0.25) is 0 Å². The Morgan fingerprint density at radius 3 is 2.84 bits per heavy atom. The molecule has 0 spiro atoms. The van der Waals surface area contributed by atoms with E-state index in [0.29, 0.717) is 22.2 Å². The Morgan fingerprint density at radius 2 is 2.06 bits per heavy atom. The van der Waals surface area contributed by atoms with Crippen molar-refractivity contribution in [1.29, 1.82) is 0 Å². The largest absolute Gasteiger partial charge is 0.480 e. The van der Waals surface area contributed by atoms with Crippen LogP contribution in [0, 0.1) is 0 Å². The molecule has 9 heteroatoms. The van der Waals surface area contributed by atoms with Crippen molar-refractivity contribution < 1.29 is 19.4 Å². The molecule has 1 unspecified atom stereocenters. The predicted molar refractivity (Wildman–Crippen MR) is 122 cm³/mol. The summed E-state index contributed by atoms with van der Waals surface area (Å²) < 4.78 is 5.48. The quantitative estimate of drug-likeness (QED) is 0.515. The predicted octanol–water partition coefficient (Wildman–Crippen LogP) is 3.66. The first-order valence-electron chi connectivity index (χ1n) is 10.1. The average molecular weight is 441 g/mol. The number of rotatable bonds is 7. The first kappa shape index (κ1) is 21.1. The van der Waals surface area contributed by atoms with Crippen LogP contribution in [-0.2, 0) is 9.53 Å². The molecule has 8 nitrogen and oxygen atoms in total. The molecule has 3 N–H and O–H groups in total. The van der Waals surface area contributed by atoms with Crippen LogP contribution >= 0.6 is 11.3 Å². The molecule has 0 bridgehead atoms. The Bertz CT molecular complexity index is 1100. The number of fused-ring (bicyclic) bond motifs is 1. The molecule has 1 aromatic heterocycles. The van der Waals surface area contributed by atoms with Gasteiger partial charge in [-0.3, -0.25) is 9.59 Å². The van der Waals surface area contributed by atoms with Gasteiger partial charge in [-0.2, -0.15) is 0 Å². The topological polar surface area (TPSA) is 104 Å². The Kier molecular flexibility index (Phi) is 6.34. The van der Waals surface area contributed by atoms with E-state index < -0.39 is 5.97 Å². The first-order valence-corrected chi connectivity index (χ1v) is 10.9. The number of nitrogens with one attached hydrogen (secondary N) is 2. The van der Waals surface area contributed by atoms with E-state index in [1.165, 1.54) is 11.3 Å². The highest BCUT2D eigenvalue weighted by molar-refractivity contribution is 7.18. The van der Waals surface area contributed by atoms with Crippen molar-refractivity contribution in [3.05, 3.63) is 47.3 Å². The van der Waals surface area contributed by atoms with E-state index in [1.807, 2.05) is 42.5 Å². The third-order valence-electron chi connectivity index (χ3n) is 5.22. The average Bonchev–Trinajstić information content (AvgIpc) is 3.22. The molecule has 0 aliphatic carbocycles. The summed E-state index contributed by atoms with van der Waals surface area (Å²) in [6, 6.07) is 13.6. The van der Waals surface area contributed by atoms with Crippen LogP contribution in [0.25, 0.3) is 10.8 Å². The number of aromatic nitrogens is 1. The van der Waals surface area contributed by atoms with Crippen molar-refractivity contribution in [2.75, 3.05) is 42.3 Å². The summed E-state index contributed by atoms with van der Waals surface area (Å²) in [5.41, 5.74) is 0.667. The fourth-order valence-electron chi connectivity index (χ4n) is 3.64. The smallest absolute Gasteiger partial charge is 0.322 e. The lowest BCUT2D eigenvalue weighted by molar-refractivity contribution is -0.134. The van der Waals surface area contributed by atoms with Gasteiger partial charge in [0.15, 0.2) is 10.9 Å². The molecule has 162 valence electrons. The zero-order valence-electron chi connectivity index (χ0n) is 17.1. The minimum absolute atomic E-state index is 0.114. The zero-order valence-corrected chi connectivity index (χ0v) is 17.9. The summed E-state index contributed by atoms with van der Waals surface area (Å²) in [5.74, 6) is -1.07. The molecule has 1 saturated heterocycles. The Labute approximate surface area is 183 Å². The number of thiazole rings is 1. The SMILES string of the molecule is COC1CCCN(c2nc(NCC(=O)O)c(C(=O)Nc3ccc4ccccc4c3)s2)C1. The Morgan fingerprint density at radius 1 is 1.26 bits per heavy atom. The van der Waals surface area contributed by atoms with E-state index in [2.05, 4.69) is 20.5 Å². The molecule has 2 heterocycles. The van der Waals surface area contributed by atoms with Crippen molar-refractivity contribution in [1.82, 2.24) is 4.98 Å². The fraction of sp³-hybridized carbons (Fsp3) is 0.318. The van der Waals surface area contributed by atoms with Gasteiger partial charge in [0, 0.05) is 25.9 Å². The van der Waals surface area contributed by atoms with Gasteiger partial charge in [0.2, 0.25) is 0 Å². The third kappa shape index (κ3) is 4.95. The number of piperidine rings is 1. The molecule has 1 amide bonds. The fourth-order valence-corrected chi connectivity index (χ4v) is 4.61. The normalized spacial score (nSPS) is 16.3. The van der Waals surface area contributed by atoms with Gasteiger partial charge in [-0.05, 0) is 35.7 Å². The van der Waals surface area contributed by atoms with Crippen LogP contribution in [0.4, 0.5) is 16.6 Å². The summed E-state index contributed by atoms with van der Waals surface area (Å²) in [4.78, 5) is 31.1. The molecular formula is C22H24N4O4S. The number of nitrogens with zero attached hydrogens (tertiary/aromatic N) is 2. The molecule has 31 heavy (non-hydrogen) atoms. The van der Waals surface area contributed by atoms with Crippen LogP contribution < -0.4 is 15.5 Å². The second-order valence-electron chi connectivity index (χ2n) is 7.38. The lowest BCUT2D eigenvalue weighted by Gasteiger charge is -2.31. The number of aliphatic carboxylic acids is 1. The van der Waals surface area contributed by atoms with Gasteiger partial charge < -0.3 is 25.4 Å². The summed E-state index contributed by atoms with van der Waals surface area (Å²) in [7, 11) is 1.69. The second kappa shape index (κ2) is 9.32. The van der Waals surface area contributed by atoms with Gasteiger partial charge in [0.05, 0.1) is 6.10 Å². The third-order valence-corrected chi connectivity index (χ3v) is 6.33. The van der Waals surface area contributed by atoms with Crippen molar-refractivity contribution in [3.8, 4) is 0 Å². The molecule has 2 aromatic carbocycles. The van der Waals surface area contributed by atoms with Crippen LogP contribution in [0.3, 0.4) is 0 Å². The van der Waals surface area contributed by atoms with Gasteiger partial charge in [-0.1, -0.05) is 41.7 Å². The lowest BCUT2D eigenvalue weighted by Crippen LogP contribution is -2.39. The maximum Gasteiger partial charge on any atom is 0.322 e. The minimum Gasteiger partial charge on any atom is -0.480 e. The van der Waals surface area contributed by atoms with Crippen molar-refractivity contribution in [2.45, 2.75) is 18.9 Å². The maximum atomic E-state index is 13.1. The highest BCUT2D eigenvalue weighted by Crippen LogP contribution is 2.33. The molecule has 4 rings (SSSR count). The summed E-state index contributed by atoms with van der Waals surface area (Å²) in [5, 5.41) is 17.5. The number of methoxy groups -OCH3 is 1. The Balaban J connectivity index is 1.58. The summed E-state index contributed by atoms with van der Waals surface area (Å²) in [6.07, 6.45) is 2.06. The second-order valence-corrected chi connectivity index (χ2v) is 8.36. The van der Waals surface area contributed by atoms with Crippen molar-refractivity contribution in [2.24, 2.45) is 0 Å². The van der Waals surface area contributed by atoms with E-state index in [9.17, 15) is 9.59 Å². The number of benzene rings is 2. The summed E-state index contributed by atoms with van der Waals surface area (Å²) in [6.45, 7) is 1.19. The van der Waals surface area contributed by atoms with E-state index >= 15 is 0 Å². The summed E-state index contributed by atoms with van der Waals surface area (Å²) >= 11 is 1.25. The minimum atomic E-state index is -1.02. The lowest BCUT2D eigenvalue weighted by atomic mass is 10.1. The number of hydrogen-bond acceptors (Lipinski definition) is 7. The molecule has 1 aliphatic rings. The number of carbonyl (C=O) groups excluding carboxylic acids is 1. The number of carboxylic acids is 1. The van der Waals surface area contributed by atoms with Gasteiger partial charge in [0.25, 0.3) is 5.91 Å². The van der Waals surface area contributed by atoms with Gasteiger partial charge >= 0.3 is 5.97 Å². The number of ether oxygens (including phenoxy) is 1. The molecule has 3 aromatic rings. The van der Waals surface area contributed by atoms with Crippen LogP contribution in [0.15, 0.2) is 42.5 Å². The van der Waals surface area contributed by atoms with Gasteiger partial charge in [-0.15, -0.1) is 0 Å². The number of carboxylic acid groups (broad SMARTS) is 1. The number of amides is 1. The standard InChI is InChI=1S/C22H24N4O4S/c1-30-17-7-4-10-26(13-17)22-25-20(23-12-18(27)28)19(31-22)21(29)24-16-9-8-14-5-2-3-6-15(14)11-16/h2-3,5-6,8-9,11,17,23H,4,7,10,12-13H2,1H3,(H,24,29)(H,27,28). The van der Waals surface area contributed by atoms with Crippen LogP contribution in [0.1, 0.15) is 22.5 Å². The van der Waals surface area contributed by atoms with Crippen LogP contribution in [0.5, 0.6) is 0 Å². The monoisotopic (exact) mass is 440 g/mol. The molecule has 1 fully saturated rings. The Hall–Kier alpha value is -3.17. The van der Waals surface area contributed by atoms with Crippen molar-refractivity contribution in [3.63, 3.8) is 0 Å². The maximum absolute atomic E-state index is 13.1. The van der Waals surface area contributed by atoms with E-state index in [-0.39, 0.29) is 24.4 Å². The highest BCUT2D eigenvalue weighted by Gasteiger charge is 2.26. The van der Waals surface area contributed by atoms with Gasteiger partial charge in [0.1, 0.15) is 11.4 Å². The van der Waals surface area contributed by atoms with E-state index in [4.69, 9.17) is 9.84 Å².